The smallest absolute Gasteiger partial charge is 0.258 e. The van der Waals surface area contributed by atoms with Crippen LogP contribution < -0.4 is 9.64 Å². The highest BCUT2D eigenvalue weighted by Crippen LogP contribution is 2.39. The van der Waals surface area contributed by atoms with Crippen LogP contribution in [-0.4, -0.2) is 45.7 Å². The van der Waals surface area contributed by atoms with Gasteiger partial charge in [0.2, 0.25) is 0 Å². The lowest BCUT2D eigenvalue weighted by Gasteiger charge is -2.45. The van der Waals surface area contributed by atoms with Crippen molar-refractivity contribution in [2.45, 2.75) is 24.5 Å². The normalized spacial score (nSPS) is 24.9. The molecule has 2 aliphatic rings. The number of hydrogen-bond acceptors (Lipinski definition) is 6. The molecule has 130 valence electrons. The van der Waals surface area contributed by atoms with Gasteiger partial charge in [0, 0.05) is 19.4 Å². The fourth-order valence-corrected chi connectivity index (χ4v) is 3.70. The van der Waals surface area contributed by atoms with Crippen molar-refractivity contribution >= 4 is 27.5 Å². The van der Waals surface area contributed by atoms with Gasteiger partial charge in [-0.05, 0) is 28.1 Å². The van der Waals surface area contributed by atoms with Crippen LogP contribution in [0.25, 0.3) is 0 Å². The summed E-state index contributed by atoms with van der Waals surface area (Å²) in [5.74, 6) is -0.182. The van der Waals surface area contributed by atoms with Gasteiger partial charge in [0.15, 0.2) is 11.6 Å². The largest absolute Gasteiger partial charge is 0.473 e. The Morgan fingerprint density at radius 3 is 3.04 bits per heavy atom. The second kappa shape index (κ2) is 6.03. The predicted octanol–water partition coefficient (Wildman–Crippen LogP) is 2.35. The average Bonchev–Trinajstić information content (AvgIpc) is 2.61. The van der Waals surface area contributed by atoms with Crippen LogP contribution in [0.1, 0.15) is 23.2 Å². The fourth-order valence-electron chi connectivity index (χ4n) is 3.43. The summed E-state index contributed by atoms with van der Waals surface area (Å²) in [4.78, 5) is 23.3. The molecule has 3 heterocycles. The minimum absolute atomic E-state index is 0.0840. The van der Waals surface area contributed by atoms with Gasteiger partial charge >= 0.3 is 0 Å². The minimum Gasteiger partial charge on any atom is -0.473 e. The van der Waals surface area contributed by atoms with E-state index in [0.29, 0.717) is 22.8 Å². The number of rotatable bonds is 2. The van der Waals surface area contributed by atoms with Crippen LogP contribution >= 0.6 is 15.9 Å². The zero-order chi connectivity index (χ0) is 17.6. The highest BCUT2D eigenvalue weighted by Gasteiger charge is 2.47. The van der Waals surface area contributed by atoms with Gasteiger partial charge in [-0.3, -0.25) is 4.79 Å². The third-order valence-electron chi connectivity index (χ3n) is 4.70. The van der Waals surface area contributed by atoms with Gasteiger partial charge in [0.05, 0.1) is 17.8 Å². The highest BCUT2D eigenvalue weighted by atomic mass is 79.9. The second-order valence-corrected chi connectivity index (χ2v) is 7.09. The number of ether oxygens (including phenoxy) is 1. The molecular weight excluding hydrogens is 393 g/mol. The molecule has 2 aromatic rings. The zero-order valence-electron chi connectivity index (χ0n) is 13.2. The van der Waals surface area contributed by atoms with Crippen molar-refractivity contribution in [3.05, 3.63) is 46.4 Å². The fraction of sp³-hybridized carbons (Fsp3) is 0.353. The third-order valence-corrected chi connectivity index (χ3v) is 5.08. The number of Topliss-reactive ketones (excluding diaryl/α,β-unsaturated/α-hetero) is 1. The minimum atomic E-state index is -1.62. The van der Waals surface area contributed by atoms with Crippen molar-refractivity contribution in [2.24, 2.45) is 0 Å². The van der Waals surface area contributed by atoms with Crippen molar-refractivity contribution in [1.82, 2.24) is 9.97 Å². The zero-order valence-corrected chi connectivity index (χ0v) is 14.7. The Morgan fingerprint density at radius 1 is 1.44 bits per heavy atom. The first kappa shape index (κ1) is 16.4. The Kier molecular flexibility index (Phi) is 3.96. The molecule has 1 unspecified atom stereocenters. The number of aromatic nitrogens is 2. The Bertz CT molecular complexity index is 850. The van der Waals surface area contributed by atoms with Crippen LogP contribution in [0.15, 0.2) is 35.1 Å². The first-order chi connectivity index (χ1) is 12.0. The van der Waals surface area contributed by atoms with Crippen LogP contribution in [0.2, 0.25) is 0 Å². The molecule has 0 aliphatic carbocycles. The van der Waals surface area contributed by atoms with Crippen molar-refractivity contribution < 1.29 is 19.0 Å². The summed E-state index contributed by atoms with van der Waals surface area (Å²) in [6.45, 7) is 0.693. The lowest BCUT2D eigenvalue weighted by molar-refractivity contribution is 0.00511. The standard InChI is InChI=1S/C17H15BrFN3O3/c18-13-8-20-15-16(21-13)25-9-10-7-17(24,5-6-22(10)15)14(23)11-3-1-2-4-12(11)19/h1-4,8,10,24H,5-7,9H2/t10-,17?/m1/s1. The average molecular weight is 408 g/mol. The SMILES string of the molecule is O=C(c1ccccc1F)C1(O)CCN2c3ncc(Br)nc3OC[C@H]2C1. The van der Waals surface area contributed by atoms with Crippen LogP contribution in [0.5, 0.6) is 5.88 Å². The van der Waals surface area contributed by atoms with Gasteiger partial charge in [0.25, 0.3) is 5.88 Å². The van der Waals surface area contributed by atoms with E-state index < -0.39 is 17.2 Å². The van der Waals surface area contributed by atoms with Gasteiger partial charge < -0.3 is 14.7 Å². The van der Waals surface area contributed by atoms with Crippen LogP contribution in [0.3, 0.4) is 0 Å². The number of aliphatic hydroxyl groups is 1. The highest BCUT2D eigenvalue weighted by molar-refractivity contribution is 9.10. The Balaban J connectivity index is 1.60. The summed E-state index contributed by atoms with van der Waals surface area (Å²) < 4.78 is 20.2. The number of fused-ring (bicyclic) bond motifs is 3. The molecule has 4 rings (SSSR count). The molecule has 0 spiro atoms. The summed E-state index contributed by atoms with van der Waals surface area (Å²) in [6.07, 6.45) is 1.92. The number of halogens is 2. The number of piperidine rings is 1. The molecule has 0 radical (unpaired) electrons. The Morgan fingerprint density at radius 2 is 2.24 bits per heavy atom. The van der Waals surface area contributed by atoms with Crippen LogP contribution in [0.4, 0.5) is 10.2 Å². The van der Waals surface area contributed by atoms with Gasteiger partial charge in [-0.1, -0.05) is 12.1 Å². The van der Waals surface area contributed by atoms with E-state index in [0.717, 1.165) is 0 Å². The number of anilines is 1. The summed E-state index contributed by atoms with van der Waals surface area (Å²) in [7, 11) is 0. The van der Waals surface area contributed by atoms with E-state index in [9.17, 15) is 14.3 Å². The summed E-state index contributed by atoms with van der Waals surface area (Å²) in [5, 5.41) is 10.9. The molecule has 1 N–H and O–H groups in total. The van der Waals surface area contributed by atoms with Crippen molar-refractivity contribution in [2.75, 3.05) is 18.1 Å². The lowest BCUT2D eigenvalue weighted by atomic mass is 9.80. The first-order valence-corrected chi connectivity index (χ1v) is 8.71. The predicted molar refractivity (Wildman–Crippen MR) is 91.3 cm³/mol. The Hall–Kier alpha value is -2.06. The van der Waals surface area contributed by atoms with E-state index in [1.807, 2.05) is 4.90 Å². The van der Waals surface area contributed by atoms with E-state index in [-0.39, 0.29) is 31.1 Å². The number of benzene rings is 1. The molecule has 8 heteroatoms. The van der Waals surface area contributed by atoms with Crippen LogP contribution in [-0.2, 0) is 0 Å². The van der Waals surface area contributed by atoms with Crippen LogP contribution in [0, 0.1) is 5.82 Å². The van der Waals surface area contributed by atoms with E-state index >= 15 is 0 Å². The number of carbonyl (C=O) groups is 1. The molecule has 1 fully saturated rings. The maximum Gasteiger partial charge on any atom is 0.258 e. The summed E-state index contributed by atoms with van der Waals surface area (Å²) >= 11 is 3.26. The molecule has 0 saturated carbocycles. The van der Waals surface area contributed by atoms with Gasteiger partial charge in [-0.15, -0.1) is 0 Å². The van der Waals surface area contributed by atoms with Gasteiger partial charge in [0.1, 0.15) is 22.6 Å². The maximum atomic E-state index is 13.9. The van der Waals surface area contributed by atoms with Crippen molar-refractivity contribution in [1.29, 1.82) is 0 Å². The topological polar surface area (TPSA) is 75.5 Å². The third kappa shape index (κ3) is 2.79. The summed E-state index contributed by atoms with van der Waals surface area (Å²) in [5.41, 5.74) is -1.70. The van der Waals surface area contributed by atoms with E-state index in [1.54, 1.807) is 12.3 Å². The van der Waals surface area contributed by atoms with E-state index in [2.05, 4.69) is 25.9 Å². The van der Waals surface area contributed by atoms with Crippen molar-refractivity contribution in [3.63, 3.8) is 0 Å². The van der Waals surface area contributed by atoms with Crippen molar-refractivity contribution in [3.8, 4) is 5.88 Å². The molecule has 0 bridgehead atoms. The molecule has 1 aromatic carbocycles. The second-order valence-electron chi connectivity index (χ2n) is 6.27. The summed E-state index contributed by atoms with van der Waals surface area (Å²) in [6, 6.07) is 5.50. The molecule has 2 aliphatic heterocycles. The van der Waals surface area contributed by atoms with E-state index in [1.165, 1.54) is 18.2 Å². The number of hydrogen-bond donors (Lipinski definition) is 1. The lowest BCUT2D eigenvalue weighted by Crippen LogP contribution is -2.57. The molecule has 1 saturated heterocycles. The van der Waals surface area contributed by atoms with E-state index in [4.69, 9.17) is 4.74 Å². The maximum absolute atomic E-state index is 13.9. The van der Waals surface area contributed by atoms with Gasteiger partial charge in [-0.2, -0.15) is 0 Å². The molecule has 25 heavy (non-hydrogen) atoms. The molecule has 2 atom stereocenters. The number of ketones is 1. The first-order valence-electron chi connectivity index (χ1n) is 7.92. The Labute approximate surface area is 151 Å². The van der Waals surface area contributed by atoms with Gasteiger partial charge in [-0.25, -0.2) is 14.4 Å². The monoisotopic (exact) mass is 407 g/mol. The molecule has 1 aromatic heterocycles. The molecule has 0 amide bonds. The molecule has 6 nitrogen and oxygen atoms in total. The number of nitrogens with zero attached hydrogens (tertiary/aromatic N) is 3. The number of carbonyl (C=O) groups excluding carboxylic acids is 1. The molecular formula is C17H15BrFN3O3. The quantitative estimate of drug-likeness (QED) is 0.770.